The highest BCUT2D eigenvalue weighted by molar-refractivity contribution is 6.31. The molecule has 1 unspecified atom stereocenters. The van der Waals surface area contributed by atoms with E-state index in [2.05, 4.69) is 10.5 Å². The fourth-order valence-electron chi connectivity index (χ4n) is 1.55. The first kappa shape index (κ1) is 11.7. The predicted molar refractivity (Wildman–Crippen MR) is 62.9 cm³/mol. The van der Waals surface area contributed by atoms with E-state index in [9.17, 15) is 4.79 Å². The van der Waals surface area contributed by atoms with Crippen LogP contribution in [0.3, 0.4) is 0 Å². The Labute approximate surface area is 103 Å². The van der Waals surface area contributed by atoms with Crippen LogP contribution in [0.5, 0.6) is 0 Å². The second kappa shape index (κ2) is 4.63. The zero-order chi connectivity index (χ0) is 12.4. The summed E-state index contributed by atoms with van der Waals surface area (Å²) in [5.74, 6) is 0.193. The summed E-state index contributed by atoms with van der Waals surface area (Å²) in [7, 11) is 1.32. The molecule has 1 aliphatic rings. The molecule has 1 aromatic carbocycles. The minimum atomic E-state index is -0.485. The number of methoxy groups -OCH3 is 1. The molecule has 0 radical (unpaired) electrons. The molecule has 6 heteroatoms. The zero-order valence-corrected chi connectivity index (χ0v) is 10.1. The first-order valence-corrected chi connectivity index (χ1v) is 5.34. The standard InChI is InChI=1S/C11H11ClN2O3/c1-6-13-10(17-14-6)8-4-3-7(12)5-9(8)11(15)16-2/h3-5,10H,1-2H3,(H,13,14). The van der Waals surface area contributed by atoms with Crippen LogP contribution in [0.1, 0.15) is 29.1 Å². The lowest BCUT2D eigenvalue weighted by Gasteiger charge is -2.13. The smallest absolute Gasteiger partial charge is 0.338 e. The van der Waals surface area contributed by atoms with Crippen LogP contribution >= 0.6 is 11.6 Å². The third-order valence-corrected chi connectivity index (χ3v) is 2.57. The molecule has 0 aliphatic carbocycles. The van der Waals surface area contributed by atoms with Crippen LogP contribution in [-0.2, 0) is 9.57 Å². The molecule has 1 N–H and O–H groups in total. The number of rotatable bonds is 2. The maximum absolute atomic E-state index is 11.6. The maximum Gasteiger partial charge on any atom is 0.338 e. The Morgan fingerprint density at radius 1 is 1.59 bits per heavy atom. The van der Waals surface area contributed by atoms with Gasteiger partial charge in [-0.1, -0.05) is 22.8 Å². The number of amidine groups is 1. The molecule has 1 heterocycles. The van der Waals surface area contributed by atoms with Gasteiger partial charge in [0, 0.05) is 10.6 Å². The third-order valence-electron chi connectivity index (χ3n) is 2.34. The Bertz CT molecular complexity index is 488. The fourth-order valence-corrected chi connectivity index (χ4v) is 1.72. The van der Waals surface area contributed by atoms with Gasteiger partial charge in [-0.15, -0.1) is 0 Å². The zero-order valence-electron chi connectivity index (χ0n) is 9.36. The highest BCUT2D eigenvalue weighted by Gasteiger charge is 2.25. The predicted octanol–water partition coefficient (Wildman–Crippen LogP) is 2.08. The number of carbonyl (C=O) groups is 1. The van der Waals surface area contributed by atoms with Gasteiger partial charge in [-0.2, -0.15) is 0 Å². The van der Waals surface area contributed by atoms with Crippen molar-refractivity contribution in [2.75, 3.05) is 7.11 Å². The number of nitrogens with one attached hydrogen (secondary N) is 1. The molecule has 0 saturated carbocycles. The van der Waals surface area contributed by atoms with E-state index >= 15 is 0 Å². The van der Waals surface area contributed by atoms with E-state index in [-0.39, 0.29) is 0 Å². The van der Waals surface area contributed by atoms with Crippen molar-refractivity contribution in [1.29, 1.82) is 0 Å². The van der Waals surface area contributed by atoms with Gasteiger partial charge in [0.15, 0.2) is 0 Å². The number of esters is 1. The average molecular weight is 255 g/mol. The molecule has 1 atom stereocenters. The summed E-state index contributed by atoms with van der Waals surface area (Å²) in [6, 6.07) is 4.93. The Hall–Kier alpha value is -1.75. The van der Waals surface area contributed by atoms with Gasteiger partial charge in [0.25, 0.3) is 0 Å². The molecule has 1 aliphatic heterocycles. The van der Waals surface area contributed by atoms with Gasteiger partial charge < -0.3 is 14.9 Å². The molecule has 0 fully saturated rings. The first-order valence-electron chi connectivity index (χ1n) is 4.96. The average Bonchev–Trinajstić information content (AvgIpc) is 2.74. The van der Waals surface area contributed by atoms with Crippen molar-refractivity contribution in [2.45, 2.75) is 13.2 Å². The molecule has 0 spiro atoms. The second-order valence-electron chi connectivity index (χ2n) is 3.53. The molecule has 17 heavy (non-hydrogen) atoms. The van der Waals surface area contributed by atoms with Crippen molar-refractivity contribution in [3.8, 4) is 0 Å². The van der Waals surface area contributed by atoms with Crippen LogP contribution in [0.2, 0.25) is 5.02 Å². The van der Waals surface area contributed by atoms with Gasteiger partial charge in [0.05, 0.1) is 12.7 Å². The Kier molecular flexibility index (Phi) is 3.19. The Morgan fingerprint density at radius 2 is 2.35 bits per heavy atom. The number of oxime groups is 1. The van der Waals surface area contributed by atoms with Gasteiger partial charge in [-0.25, -0.2) is 4.79 Å². The van der Waals surface area contributed by atoms with E-state index in [1.54, 1.807) is 25.1 Å². The molecule has 0 amide bonds. The lowest BCUT2D eigenvalue weighted by Crippen LogP contribution is -2.22. The van der Waals surface area contributed by atoms with Crippen LogP contribution in [0.15, 0.2) is 23.4 Å². The summed E-state index contributed by atoms with van der Waals surface area (Å²) in [5, 5.41) is 7.21. The number of hydrogen-bond acceptors (Lipinski definition) is 5. The van der Waals surface area contributed by atoms with Crippen molar-refractivity contribution in [2.24, 2.45) is 5.16 Å². The van der Waals surface area contributed by atoms with Crippen molar-refractivity contribution >= 4 is 23.4 Å². The second-order valence-corrected chi connectivity index (χ2v) is 3.97. The van der Waals surface area contributed by atoms with Gasteiger partial charge >= 0.3 is 5.97 Å². The van der Waals surface area contributed by atoms with E-state index in [1.165, 1.54) is 7.11 Å². The van der Waals surface area contributed by atoms with Gasteiger partial charge in [-0.05, 0) is 19.1 Å². The number of halogens is 1. The lowest BCUT2D eigenvalue weighted by molar-refractivity contribution is 0.0560. The normalized spacial score (nSPS) is 18.1. The van der Waals surface area contributed by atoms with Crippen molar-refractivity contribution < 1.29 is 14.4 Å². The van der Waals surface area contributed by atoms with Crippen LogP contribution in [0.4, 0.5) is 0 Å². The van der Waals surface area contributed by atoms with Crippen LogP contribution < -0.4 is 5.32 Å². The summed E-state index contributed by atoms with van der Waals surface area (Å²) in [5.41, 5.74) is 1.00. The van der Waals surface area contributed by atoms with Gasteiger partial charge in [0.1, 0.15) is 5.84 Å². The van der Waals surface area contributed by atoms with Gasteiger partial charge in [0.2, 0.25) is 6.23 Å². The van der Waals surface area contributed by atoms with E-state index in [0.29, 0.717) is 22.0 Å². The number of carbonyl (C=O) groups excluding carboxylic acids is 1. The highest BCUT2D eigenvalue weighted by atomic mass is 35.5. The fraction of sp³-hybridized carbons (Fsp3) is 0.273. The Morgan fingerprint density at radius 3 is 2.94 bits per heavy atom. The van der Waals surface area contributed by atoms with Crippen LogP contribution in [0.25, 0.3) is 0 Å². The molecular weight excluding hydrogens is 244 g/mol. The molecule has 1 aromatic rings. The minimum Gasteiger partial charge on any atom is -0.465 e. The third kappa shape index (κ3) is 2.34. The maximum atomic E-state index is 11.6. The summed E-state index contributed by atoms with van der Waals surface area (Å²) >= 11 is 5.86. The van der Waals surface area contributed by atoms with Crippen LogP contribution in [-0.4, -0.2) is 18.9 Å². The summed E-state index contributed by atoms with van der Waals surface area (Å²) in [6.45, 7) is 1.77. The number of ether oxygens (including phenoxy) is 1. The van der Waals surface area contributed by atoms with Gasteiger partial charge in [-0.3, -0.25) is 0 Å². The van der Waals surface area contributed by atoms with Crippen molar-refractivity contribution in [3.05, 3.63) is 34.3 Å². The topological polar surface area (TPSA) is 59.9 Å². The highest BCUT2D eigenvalue weighted by Crippen LogP contribution is 2.25. The summed E-state index contributed by atoms with van der Waals surface area (Å²) < 4.78 is 4.70. The monoisotopic (exact) mass is 254 g/mol. The number of benzene rings is 1. The summed E-state index contributed by atoms with van der Waals surface area (Å²) in [6.07, 6.45) is -0.485. The lowest BCUT2D eigenvalue weighted by atomic mass is 10.1. The molecule has 0 saturated heterocycles. The minimum absolute atomic E-state index is 0.363. The molecule has 90 valence electrons. The molecule has 0 bridgehead atoms. The van der Waals surface area contributed by atoms with E-state index < -0.39 is 12.2 Å². The molecular formula is C11H11ClN2O3. The van der Waals surface area contributed by atoms with Crippen LogP contribution in [0, 0.1) is 0 Å². The number of nitrogens with zero attached hydrogens (tertiary/aromatic N) is 1. The Balaban J connectivity index is 2.36. The van der Waals surface area contributed by atoms with Crippen molar-refractivity contribution in [3.63, 3.8) is 0 Å². The quantitative estimate of drug-likeness (QED) is 0.821. The molecule has 0 aromatic heterocycles. The van der Waals surface area contributed by atoms with Crippen molar-refractivity contribution in [1.82, 2.24) is 5.32 Å². The SMILES string of the molecule is COC(=O)c1cc(Cl)ccc1C1NC(C)=NO1. The molecule has 2 rings (SSSR count). The van der Waals surface area contributed by atoms with E-state index in [4.69, 9.17) is 21.2 Å². The first-order chi connectivity index (χ1) is 8.11. The molecule has 5 nitrogen and oxygen atoms in total. The number of hydrogen-bond donors (Lipinski definition) is 1. The van der Waals surface area contributed by atoms with E-state index in [1.807, 2.05) is 0 Å². The van der Waals surface area contributed by atoms with E-state index in [0.717, 1.165) is 0 Å². The summed E-state index contributed by atoms with van der Waals surface area (Å²) in [4.78, 5) is 16.8. The largest absolute Gasteiger partial charge is 0.465 e.